The third kappa shape index (κ3) is 4.32. The van der Waals surface area contributed by atoms with Crippen molar-refractivity contribution in [3.8, 4) is 0 Å². The first kappa shape index (κ1) is 17.7. The molecule has 1 aromatic heterocycles. The summed E-state index contributed by atoms with van der Waals surface area (Å²) in [5.74, 6) is 0.486. The van der Waals surface area contributed by atoms with Gasteiger partial charge in [-0.15, -0.1) is 0 Å². The maximum Gasteiger partial charge on any atom is 0.0766 e. The lowest BCUT2D eigenvalue weighted by molar-refractivity contribution is 0.108. The average molecular weight is 345 g/mol. The van der Waals surface area contributed by atoms with Gasteiger partial charge in [-0.1, -0.05) is 34.6 Å². The van der Waals surface area contributed by atoms with Gasteiger partial charge in [0.2, 0.25) is 0 Å². The van der Waals surface area contributed by atoms with Gasteiger partial charge in [-0.3, -0.25) is 4.68 Å². The van der Waals surface area contributed by atoms with Gasteiger partial charge < -0.3 is 5.11 Å². The van der Waals surface area contributed by atoms with Crippen molar-refractivity contribution in [3.63, 3.8) is 0 Å². The molecule has 0 saturated carbocycles. The minimum atomic E-state index is -0.313. The molecular weight excluding hydrogens is 316 g/mol. The van der Waals surface area contributed by atoms with Crippen LogP contribution in [-0.2, 0) is 19.4 Å². The predicted molar refractivity (Wildman–Crippen MR) is 87.9 cm³/mol. The molecule has 2 unspecified atom stereocenters. The molecule has 116 valence electrons. The highest BCUT2D eigenvalue weighted by molar-refractivity contribution is 9.10. The Balaban J connectivity index is 2.80. The van der Waals surface area contributed by atoms with E-state index in [1.807, 2.05) is 4.68 Å². The third-order valence-corrected chi connectivity index (χ3v) is 5.14. The van der Waals surface area contributed by atoms with Crippen molar-refractivity contribution in [2.24, 2.45) is 11.3 Å². The number of halogens is 1. The van der Waals surface area contributed by atoms with Crippen LogP contribution in [-0.4, -0.2) is 21.0 Å². The first-order valence-corrected chi connectivity index (χ1v) is 8.42. The highest BCUT2D eigenvalue weighted by Gasteiger charge is 2.24. The van der Waals surface area contributed by atoms with Gasteiger partial charge in [0.1, 0.15) is 0 Å². The van der Waals surface area contributed by atoms with Gasteiger partial charge in [0.05, 0.1) is 22.0 Å². The number of hydrogen-bond acceptors (Lipinski definition) is 2. The molecule has 0 aliphatic rings. The van der Waals surface area contributed by atoms with Crippen LogP contribution < -0.4 is 0 Å². The summed E-state index contributed by atoms with van der Waals surface area (Å²) in [6.45, 7) is 13.9. The fraction of sp³-hybridized carbons (Fsp3) is 0.812. The molecule has 2 atom stereocenters. The van der Waals surface area contributed by atoms with E-state index in [0.29, 0.717) is 12.3 Å². The number of hydrogen-bond donors (Lipinski definition) is 1. The number of aliphatic hydroxyl groups excluding tert-OH is 1. The van der Waals surface area contributed by atoms with Crippen molar-refractivity contribution in [2.45, 2.75) is 73.5 Å². The molecule has 1 rings (SSSR count). The summed E-state index contributed by atoms with van der Waals surface area (Å²) in [7, 11) is 0. The van der Waals surface area contributed by atoms with Gasteiger partial charge in [0, 0.05) is 13.0 Å². The molecule has 4 heteroatoms. The second-order valence-corrected chi connectivity index (χ2v) is 7.53. The largest absolute Gasteiger partial charge is 0.393 e. The second-order valence-electron chi connectivity index (χ2n) is 6.74. The van der Waals surface area contributed by atoms with E-state index in [1.165, 1.54) is 0 Å². The Morgan fingerprint density at radius 3 is 2.35 bits per heavy atom. The quantitative estimate of drug-likeness (QED) is 0.839. The zero-order valence-corrected chi connectivity index (χ0v) is 15.3. The molecular formula is C16H29BrN2O. The molecule has 1 N–H and O–H groups in total. The van der Waals surface area contributed by atoms with E-state index in [9.17, 15) is 5.11 Å². The smallest absolute Gasteiger partial charge is 0.0766 e. The van der Waals surface area contributed by atoms with Crippen LogP contribution in [0.3, 0.4) is 0 Å². The molecule has 0 spiro atoms. The van der Waals surface area contributed by atoms with Crippen LogP contribution in [0, 0.1) is 11.3 Å². The fourth-order valence-electron chi connectivity index (χ4n) is 2.28. The monoisotopic (exact) mass is 344 g/mol. The highest BCUT2D eigenvalue weighted by Crippen LogP contribution is 2.31. The lowest BCUT2D eigenvalue weighted by atomic mass is 9.78. The molecule has 1 heterocycles. The van der Waals surface area contributed by atoms with Crippen LogP contribution in [0.15, 0.2) is 4.47 Å². The molecule has 0 saturated heterocycles. The number of nitrogens with zero attached hydrogens (tertiary/aromatic N) is 2. The van der Waals surface area contributed by atoms with Crippen molar-refractivity contribution >= 4 is 15.9 Å². The van der Waals surface area contributed by atoms with Crippen LogP contribution in [0.4, 0.5) is 0 Å². The summed E-state index contributed by atoms with van der Waals surface area (Å²) in [4.78, 5) is 0. The number of rotatable bonds is 6. The van der Waals surface area contributed by atoms with Crippen molar-refractivity contribution in [1.29, 1.82) is 0 Å². The molecule has 3 nitrogen and oxygen atoms in total. The first-order chi connectivity index (χ1) is 9.20. The number of aromatic nitrogens is 2. The van der Waals surface area contributed by atoms with Gasteiger partial charge >= 0.3 is 0 Å². The summed E-state index contributed by atoms with van der Waals surface area (Å²) >= 11 is 3.64. The van der Waals surface area contributed by atoms with Crippen molar-refractivity contribution in [1.82, 2.24) is 9.78 Å². The molecule has 20 heavy (non-hydrogen) atoms. The normalized spacial score (nSPS) is 15.4. The Hall–Kier alpha value is -0.350. The Morgan fingerprint density at radius 2 is 1.90 bits per heavy atom. The van der Waals surface area contributed by atoms with E-state index in [0.717, 1.165) is 35.2 Å². The Bertz CT molecular complexity index is 434. The van der Waals surface area contributed by atoms with Crippen LogP contribution in [0.25, 0.3) is 0 Å². The van der Waals surface area contributed by atoms with Gasteiger partial charge in [0.25, 0.3) is 0 Å². The molecule has 0 aromatic carbocycles. The lowest BCUT2D eigenvalue weighted by Crippen LogP contribution is -2.24. The minimum absolute atomic E-state index is 0.234. The molecule has 0 bridgehead atoms. The van der Waals surface area contributed by atoms with E-state index < -0.39 is 0 Å². The Morgan fingerprint density at radius 1 is 1.30 bits per heavy atom. The van der Waals surface area contributed by atoms with Gasteiger partial charge in [-0.2, -0.15) is 5.10 Å². The minimum Gasteiger partial charge on any atom is -0.393 e. The summed E-state index contributed by atoms with van der Waals surface area (Å²) in [6, 6.07) is 0. The summed E-state index contributed by atoms with van der Waals surface area (Å²) in [5.41, 5.74) is 2.44. The Kier molecular flexibility index (Phi) is 6.26. The van der Waals surface area contributed by atoms with Crippen molar-refractivity contribution < 1.29 is 5.11 Å². The molecule has 0 aliphatic heterocycles. The Labute approximate surface area is 131 Å². The topological polar surface area (TPSA) is 38.0 Å². The maximum atomic E-state index is 10.4. The van der Waals surface area contributed by atoms with Gasteiger partial charge in [0.15, 0.2) is 0 Å². The molecule has 0 aliphatic carbocycles. The average Bonchev–Trinajstić information content (AvgIpc) is 2.65. The van der Waals surface area contributed by atoms with Crippen molar-refractivity contribution in [2.75, 3.05) is 0 Å². The van der Waals surface area contributed by atoms with Gasteiger partial charge in [-0.05, 0) is 47.0 Å². The summed E-state index contributed by atoms with van der Waals surface area (Å²) in [5, 5.41) is 15.0. The SMILES string of the molecule is CCc1nn(CC)c(CC(O)CC(C)C(C)(C)C)c1Br. The van der Waals surface area contributed by atoms with Crippen LogP contribution in [0.5, 0.6) is 0 Å². The molecule has 0 fully saturated rings. The van der Waals surface area contributed by atoms with E-state index >= 15 is 0 Å². The maximum absolute atomic E-state index is 10.4. The van der Waals surface area contributed by atoms with Gasteiger partial charge in [-0.25, -0.2) is 0 Å². The van der Waals surface area contributed by atoms with Crippen molar-refractivity contribution in [3.05, 3.63) is 15.9 Å². The van der Waals surface area contributed by atoms with E-state index in [-0.39, 0.29) is 11.5 Å². The fourth-order valence-corrected chi connectivity index (χ4v) is 3.01. The summed E-state index contributed by atoms with van der Waals surface area (Å²) < 4.78 is 3.08. The number of aryl methyl sites for hydroxylation is 2. The van der Waals surface area contributed by atoms with E-state index in [1.54, 1.807) is 0 Å². The zero-order chi connectivity index (χ0) is 15.5. The van der Waals surface area contributed by atoms with Crippen LogP contribution >= 0.6 is 15.9 Å². The molecule has 1 aromatic rings. The van der Waals surface area contributed by atoms with E-state index in [2.05, 4.69) is 62.6 Å². The number of aliphatic hydroxyl groups is 1. The standard InChI is InChI=1S/C16H29BrN2O/c1-7-13-15(17)14(19(8-2)18-13)10-12(20)9-11(3)16(4,5)6/h11-12,20H,7-10H2,1-6H3. The summed E-state index contributed by atoms with van der Waals surface area (Å²) in [6.07, 6.45) is 2.09. The second kappa shape index (κ2) is 7.08. The first-order valence-electron chi connectivity index (χ1n) is 7.62. The predicted octanol–water partition coefficient (Wildman–Crippen LogP) is 4.20. The van der Waals surface area contributed by atoms with Crippen LogP contribution in [0.1, 0.15) is 59.4 Å². The molecule has 0 amide bonds. The van der Waals surface area contributed by atoms with Crippen LogP contribution in [0.2, 0.25) is 0 Å². The third-order valence-electron chi connectivity index (χ3n) is 4.23. The molecule has 0 radical (unpaired) electrons. The lowest BCUT2D eigenvalue weighted by Gasteiger charge is -2.29. The van der Waals surface area contributed by atoms with E-state index in [4.69, 9.17) is 0 Å². The zero-order valence-electron chi connectivity index (χ0n) is 13.7. The highest BCUT2D eigenvalue weighted by atomic mass is 79.9.